The second-order valence-corrected chi connectivity index (χ2v) is 5.83. The predicted octanol–water partition coefficient (Wildman–Crippen LogP) is 4.00. The third kappa shape index (κ3) is 2.21. The first-order valence-corrected chi connectivity index (χ1v) is 7.71. The Bertz CT molecular complexity index is 948. The Balaban J connectivity index is 1.94. The van der Waals surface area contributed by atoms with Gasteiger partial charge in [-0.1, -0.05) is 18.2 Å². The summed E-state index contributed by atoms with van der Waals surface area (Å²) in [5, 5.41) is 3.10. The molecule has 5 heteroatoms. The van der Waals surface area contributed by atoms with Crippen molar-refractivity contribution < 1.29 is 0 Å². The van der Waals surface area contributed by atoms with Crippen molar-refractivity contribution in [3.05, 3.63) is 60.2 Å². The molecule has 0 saturated heterocycles. The average molecular weight is 304 g/mol. The van der Waals surface area contributed by atoms with Crippen LogP contribution < -0.4 is 5.73 Å². The number of pyridine rings is 1. The summed E-state index contributed by atoms with van der Waals surface area (Å²) in [4.78, 5) is 14.4. The molecule has 0 saturated carbocycles. The quantitative estimate of drug-likeness (QED) is 0.608. The molecule has 4 nitrogen and oxygen atoms in total. The summed E-state index contributed by atoms with van der Waals surface area (Å²) in [5.41, 5.74) is 9.45. The zero-order chi connectivity index (χ0) is 14.9. The SMILES string of the molecule is Nc1cnc(-c2ccc3ncccc3c2)c(-c2cccs2)n1. The third-order valence-corrected chi connectivity index (χ3v) is 4.30. The van der Waals surface area contributed by atoms with Crippen molar-refractivity contribution in [3.8, 4) is 21.8 Å². The van der Waals surface area contributed by atoms with Crippen molar-refractivity contribution in [2.75, 3.05) is 5.73 Å². The zero-order valence-electron chi connectivity index (χ0n) is 11.6. The van der Waals surface area contributed by atoms with E-state index in [0.29, 0.717) is 5.82 Å². The van der Waals surface area contributed by atoms with E-state index in [1.807, 2.05) is 41.8 Å². The molecule has 4 aromatic rings. The summed E-state index contributed by atoms with van der Waals surface area (Å²) in [6, 6.07) is 14.1. The van der Waals surface area contributed by atoms with Crippen LogP contribution in [0, 0.1) is 0 Å². The molecule has 0 aliphatic carbocycles. The molecule has 4 rings (SSSR count). The Kier molecular flexibility index (Phi) is 3.05. The standard InChI is InChI=1S/C17H12N4S/c18-15-10-20-16(17(21-15)14-4-2-8-22-14)12-5-6-13-11(9-12)3-1-7-19-13/h1-10H,(H2,18,21). The molecule has 22 heavy (non-hydrogen) atoms. The van der Waals surface area contributed by atoms with Crippen LogP contribution in [0.2, 0.25) is 0 Å². The van der Waals surface area contributed by atoms with Gasteiger partial charge in [-0.2, -0.15) is 0 Å². The molecule has 0 bridgehead atoms. The van der Waals surface area contributed by atoms with Crippen LogP contribution in [0.15, 0.2) is 60.2 Å². The highest BCUT2D eigenvalue weighted by atomic mass is 32.1. The molecule has 3 heterocycles. The minimum absolute atomic E-state index is 0.426. The number of anilines is 1. The second kappa shape index (κ2) is 5.20. The molecule has 0 atom stereocenters. The van der Waals surface area contributed by atoms with Crippen LogP contribution in [0.3, 0.4) is 0 Å². The lowest BCUT2D eigenvalue weighted by Crippen LogP contribution is -1.97. The first-order valence-electron chi connectivity index (χ1n) is 6.83. The maximum atomic E-state index is 5.82. The molecule has 0 fully saturated rings. The lowest BCUT2D eigenvalue weighted by molar-refractivity contribution is 1.23. The average Bonchev–Trinajstić information content (AvgIpc) is 3.09. The Morgan fingerprint density at radius 1 is 0.955 bits per heavy atom. The van der Waals surface area contributed by atoms with Crippen LogP contribution >= 0.6 is 11.3 Å². The summed E-state index contributed by atoms with van der Waals surface area (Å²) in [6.07, 6.45) is 3.39. The highest BCUT2D eigenvalue weighted by molar-refractivity contribution is 7.13. The van der Waals surface area contributed by atoms with Crippen molar-refractivity contribution in [2.45, 2.75) is 0 Å². The number of benzene rings is 1. The topological polar surface area (TPSA) is 64.7 Å². The first-order chi connectivity index (χ1) is 10.8. The maximum absolute atomic E-state index is 5.82. The van der Waals surface area contributed by atoms with Crippen molar-refractivity contribution in [1.82, 2.24) is 15.0 Å². The second-order valence-electron chi connectivity index (χ2n) is 4.88. The molecule has 106 valence electrons. The van der Waals surface area contributed by atoms with E-state index in [1.165, 1.54) is 0 Å². The number of nitrogens with two attached hydrogens (primary N) is 1. The zero-order valence-corrected chi connectivity index (χ0v) is 12.4. The summed E-state index contributed by atoms with van der Waals surface area (Å²) >= 11 is 1.63. The number of fused-ring (bicyclic) bond motifs is 1. The number of hydrogen-bond acceptors (Lipinski definition) is 5. The van der Waals surface area contributed by atoms with Crippen LogP contribution in [0.4, 0.5) is 5.82 Å². The van der Waals surface area contributed by atoms with Gasteiger partial charge in [0.25, 0.3) is 0 Å². The van der Waals surface area contributed by atoms with E-state index in [1.54, 1.807) is 23.7 Å². The molecule has 0 unspecified atom stereocenters. The van der Waals surface area contributed by atoms with E-state index in [-0.39, 0.29) is 0 Å². The van der Waals surface area contributed by atoms with Gasteiger partial charge in [-0.05, 0) is 29.6 Å². The Morgan fingerprint density at radius 2 is 1.91 bits per heavy atom. The van der Waals surface area contributed by atoms with Gasteiger partial charge in [0.1, 0.15) is 11.5 Å². The lowest BCUT2D eigenvalue weighted by atomic mass is 10.1. The largest absolute Gasteiger partial charge is 0.382 e. The fraction of sp³-hybridized carbons (Fsp3) is 0. The molecule has 0 amide bonds. The molecular weight excluding hydrogens is 292 g/mol. The predicted molar refractivity (Wildman–Crippen MR) is 90.5 cm³/mol. The molecule has 0 radical (unpaired) electrons. The van der Waals surface area contributed by atoms with E-state index in [0.717, 1.165) is 32.7 Å². The van der Waals surface area contributed by atoms with Gasteiger partial charge in [-0.15, -0.1) is 11.3 Å². The summed E-state index contributed by atoms with van der Waals surface area (Å²) in [7, 11) is 0. The number of nitrogen functional groups attached to an aromatic ring is 1. The van der Waals surface area contributed by atoms with Crippen LogP contribution in [0.5, 0.6) is 0 Å². The van der Waals surface area contributed by atoms with Gasteiger partial charge in [-0.25, -0.2) is 4.98 Å². The van der Waals surface area contributed by atoms with E-state index >= 15 is 0 Å². The molecular formula is C17H12N4S. The lowest BCUT2D eigenvalue weighted by Gasteiger charge is -2.08. The molecule has 0 aliphatic rings. The number of rotatable bonds is 2. The van der Waals surface area contributed by atoms with Gasteiger partial charge in [0.2, 0.25) is 0 Å². The van der Waals surface area contributed by atoms with Crippen LogP contribution in [0.25, 0.3) is 32.7 Å². The molecule has 1 aromatic carbocycles. The van der Waals surface area contributed by atoms with Gasteiger partial charge in [0, 0.05) is 17.1 Å². The monoisotopic (exact) mass is 304 g/mol. The Morgan fingerprint density at radius 3 is 2.77 bits per heavy atom. The van der Waals surface area contributed by atoms with E-state index in [2.05, 4.69) is 21.0 Å². The Labute approximate surface area is 131 Å². The van der Waals surface area contributed by atoms with Gasteiger partial charge >= 0.3 is 0 Å². The summed E-state index contributed by atoms with van der Waals surface area (Å²) < 4.78 is 0. The van der Waals surface area contributed by atoms with E-state index in [9.17, 15) is 0 Å². The number of aromatic nitrogens is 3. The minimum Gasteiger partial charge on any atom is -0.382 e. The molecule has 0 aliphatic heterocycles. The first kappa shape index (κ1) is 12.9. The fourth-order valence-electron chi connectivity index (χ4n) is 2.42. The van der Waals surface area contributed by atoms with Crippen molar-refractivity contribution >= 4 is 28.1 Å². The highest BCUT2D eigenvalue weighted by Crippen LogP contribution is 2.33. The number of hydrogen-bond donors (Lipinski definition) is 1. The minimum atomic E-state index is 0.426. The van der Waals surface area contributed by atoms with Crippen molar-refractivity contribution in [1.29, 1.82) is 0 Å². The highest BCUT2D eigenvalue weighted by Gasteiger charge is 2.13. The van der Waals surface area contributed by atoms with E-state index in [4.69, 9.17) is 5.73 Å². The van der Waals surface area contributed by atoms with Gasteiger partial charge < -0.3 is 5.73 Å². The molecule has 3 aromatic heterocycles. The number of nitrogens with zero attached hydrogens (tertiary/aromatic N) is 3. The third-order valence-electron chi connectivity index (χ3n) is 3.42. The maximum Gasteiger partial charge on any atom is 0.142 e. The smallest absolute Gasteiger partial charge is 0.142 e. The van der Waals surface area contributed by atoms with E-state index < -0.39 is 0 Å². The Hall–Kier alpha value is -2.79. The van der Waals surface area contributed by atoms with Crippen LogP contribution in [-0.2, 0) is 0 Å². The summed E-state index contributed by atoms with van der Waals surface area (Å²) in [5.74, 6) is 0.426. The van der Waals surface area contributed by atoms with Crippen molar-refractivity contribution in [2.24, 2.45) is 0 Å². The van der Waals surface area contributed by atoms with Crippen molar-refractivity contribution in [3.63, 3.8) is 0 Å². The van der Waals surface area contributed by atoms with Crippen LogP contribution in [-0.4, -0.2) is 15.0 Å². The molecule has 2 N–H and O–H groups in total. The van der Waals surface area contributed by atoms with Gasteiger partial charge in [0.05, 0.1) is 22.3 Å². The number of thiophene rings is 1. The summed E-state index contributed by atoms with van der Waals surface area (Å²) in [6.45, 7) is 0. The van der Waals surface area contributed by atoms with Crippen LogP contribution in [0.1, 0.15) is 0 Å². The van der Waals surface area contributed by atoms with Gasteiger partial charge in [-0.3, -0.25) is 9.97 Å². The normalized spacial score (nSPS) is 10.9. The van der Waals surface area contributed by atoms with Gasteiger partial charge in [0.15, 0.2) is 0 Å². The fourth-order valence-corrected chi connectivity index (χ4v) is 3.14. The molecule has 0 spiro atoms.